The quantitative estimate of drug-likeness (QED) is 0.873. The van der Waals surface area contributed by atoms with Crippen LogP contribution in [0.25, 0.3) is 0 Å². The van der Waals surface area contributed by atoms with Crippen molar-refractivity contribution >= 4 is 11.3 Å². The molecule has 0 bridgehead atoms. The van der Waals surface area contributed by atoms with Crippen molar-refractivity contribution in [3.8, 4) is 0 Å². The molecule has 0 aliphatic carbocycles. The fourth-order valence-corrected chi connectivity index (χ4v) is 3.27. The number of hydrogen-bond donors (Lipinski definition) is 1. The number of aryl methyl sites for hydroxylation is 1. The van der Waals surface area contributed by atoms with Gasteiger partial charge in [-0.05, 0) is 31.0 Å². The molecule has 0 fully saturated rings. The van der Waals surface area contributed by atoms with Crippen molar-refractivity contribution in [3.63, 3.8) is 0 Å². The molecule has 1 unspecified atom stereocenters. The Morgan fingerprint density at radius 3 is 2.41 bits per heavy atom. The van der Waals surface area contributed by atoms with Crippen molar-refractivity contribution in [1.82, 2.24) is 4.90 Å². The third-order valence-corrected chi connectivity index (χ3v) is 4.17. The Balaban J connectivity index is 2.76. The van der Waals surface area contributed by atoms with Crippen molar-refractivity contribution < 1.29 is 0 Å². The van der Waals surface area contributed by atoms with Crippen LogP contribution >= 0.6 is 11.3 Å². The third kappa shape index (κ3) is 4.41. The van der Waals surface area contributed by atoms with Gasteiger partial charge in [0.05, 0.1) is 6.04 Å². The number of thiophene rings is 1. The fourth-order valence-electron chi connectivity index (χ4n) is 2.14. The summed E-state index contributed by atoms with van der Waals surface area (Å²) in [5.41, 5.74) is 6.25. The van der Waals surface area contributed by atoms with Crippen LogP contribution in [-0.4, -0.2) is 25.0 Å². The predicted molar refractivity (Wildman–Crippen MR) is 77.6 cm³/mol. The molecule has 2 nitrogen and oxygen atoms in total. The highest BCUT2D eigenvalue weighted by atomic mass is 32.1. The number of nitrogens with two attached hydrogens (primary N) is 1. The molecule has 1 aromatic heterocycles. The van der Waals surface area contributed by atoms with Gasteiger partial charge in [-0.1, -0.05) is 27.7 Å². The molecular weight excluding hydrogens is 228 g/mol. The molecule has 0 saturated carbocycles. The van der Waals surface area contributed by atoms with Crippen LogP contribution in [0.4, 0.5) is 0 Å². The molecule has 2 N–H and O–H groups in total. The monoisotopic (exact) mass is 254 g/mol. The van der Waals surface area contributed by atoms with E-state index in [1.807, 2.05) is 11.3 Å². The predicted octanol–water partition coefficient (Wildman–Crippen LogP) is 3.29. The van der Waals surface area contributed by atoms with Crippen molar-refractivity contribution in [2.24, 2.45) is 11.1 Å². The Bertz CT molecular complexity index is 338. The molecule has 3 heteroatoms. The highest BCUT2D eigenvalue weighted by molar-refractivity contribution is 7.12. The Kier molecular flexibility index (Phi) is 5.17. The molecule has 1 rings (SSSR count). The Morgan fingerprint density at radius 2 is 2.00 bits per heavy atom. The van der Waals surface area contributed by atoms with E-state index in [9.17, 15) is 0 Å². The number of rotatable bonds is 5. The topological polar surface area (TPSA) is 29.3 Å². The zero-order chi connectivity index (χ0) is 13.1. The SMILES string of the molecule is CCc1ccc(C(CN)N(C)CC(C)(C)C)s1. The molecule has 0 radical (unpaired) electrons. The van der Waals surface area contributed by atoms with E-state index in [1.54, 1.807) is 0 Å². The normalized spacial score (nSPS) is 14.3. The lowest BCUT2D eigenvalue weighted by atomic mass is 9.95. The zero-order valence-electron chi connectivity index (χ0n) is 11.8. The van der Waals surface area contributed by atoms with E-state index in [1.165, 1.54) is 9.75 Å². The van der Waals surface area contributed by atoms with Gasteiger partial charge in [-0.25, -0.2) is 0 Å². The van der Waals surface area contributed by atoms with Crippen molar-refractivity contribution in [2.45, 2.75) is 40.2 Å². The Labute approximate surface area is 110 Å². The zero-order valence-corrected chi connectivity index (χ0v) is 12.6. The van der Waals surface area contributed by atoms with E-state index in [2.05, 4.69) is 51.8 Å². The van der Waals surface area contributed by atoms with E-state index in [-0.39, 0.29) is 0 Å². The van der Waals surface area contributed by atoms with E-state index in [0.29, 0.717) is 18.0 Å². The maximum atomic E-state index is 5.94. The first-order chi connectivity index (χ1) is 7.87. The summed E-state index contributed by atoms with van der Waals surface area (Å²) in [7, 11) is 2.17. The highest BCUT2D eigenvalue weighted by Crippen LogP contribution is 2.28. The van der Waals surface area contributed by atoms with Crippen LogP contribution in [0.5, 0.6) is 0 Å². The molecule has 0 aliphatic rings. The molecule has 98 valence electrons. The van der Waals surface area contributed by atoms with Crippen molar-refractivity contribution in [3.05, 3.63) is 21.9 Å². The van der Waals surface area contributed by atoms with Gasteiger partial charge in [0.2, 0.25) is 0 Å². The largest absolute Gasteiger partial charge is 0.329 e. The minimum Gasteiger partial charge on any atom is -0.329 e. The molecule has 1 aromatic rings. The highest BCUT2D eigenvalue weighted by Gasteiger charge is 2.22. The van der Waals surface area contributed by atoms with Gasteiger partial charge in [0.15, 0.2) is 0 Å². The van der Waals surface area contributed by atoms with Crippen molar-refractivity contribution in [1.29, 1.82) is 0 Å². The van der Waals surface area contributed by atoms with Gasteiger partial charge in [0.25, 0.3) is 0 Å². The van der Waals surface area contributed by atoms with Crippen LogP contribution in [0, 0.1) is 5.41 Å². The minimum atomic E-state index is 0.313. The summed E-state index contributed by atoms with van der Waals surface area (Å²) in [5.74, 6) is 0. The average molecular weight is 254 g/mol. The van der Waals surface area contributed by atoms with Gasteiger partial charge in [-0.2, -0.15) is 0 Å². The Hall–Kier alpha value is -0.380. The second-order valence-electron chi connectivity index (χ2n) is 5.88. The van der Waals surface area contributed by atoms with Gasteiger partial charge in [0.1, 0.15) is 0 Å². The van der Waals surface area contributed by atoms with E-state index in [4.69, 9.17) is 5.73 Å². The second-order valence-corrected chi connectivity index (χ2v) is 7.08. The summed E-state index contributed by atoms with van der Waals surface area (Å²) in [5, 5.41) is 0. The smallest absolute Gasteiger partial charge is 0.0562 e. The minimum absolute atomic E-state index is 0.313. The lowest BCUT2D eigenvalue weighted by Gasteiger charge is -2.32. The molecule has 0 aromatic carbocycles. The second kappa shape index (κ2) is 5.98. The first kappa shape index (κ1) is 14.7. The van der Waals surface area contributed by atoms with Crippen molar-refractivity contribution in [2.75, 3.05) is 20.1 Å². The fraction of sp³-hybridized carbons (Fsp3) is 0.714. The van der Waals surface area contributed by atoms with Gasteiger partial charge >= 0.3 is 0 Å². The summed E-state index contributed by atoms with van der Waals surface area (Å²) in [4.78, 5) is 5.23. The average Bonchev–Trinajstić information content (AvgIpc) is 2.64. The summed E-state index contributed by atoms with van der Waals surface area (Å²) < 4.78 is 0. The maximum Gasteiger partial charge on any atom is 0.0562 e. The third-order valence-electron chi connectivity index (χ3n) is 2.84. The first-order valence-corrected chi connectivity index (χ1v) is 7.18. The molecule has 17 heavy (non-hydrogen) atoms. The van der Waals surface area contributed by atoms with Crippen LogP contribution in [0.1, 0.15) is 43.5 Å². The molecule has 1 heterocycles. The van der Waals surface area contributed by atoms with Crippen LogP contribution < -0.4 is 5.73 Å². The summed E-state index contributed by atoms with van der Waals surface area (Å²) in [6, 6.07) is 4.83. The number of likely N-dealkylation sites (N-methyl/N-ethyl adjacent to an activating group) is 1. The van der Waals surface area contributed by atoms with Crippen LogP contribution in [0.15, 0.2) is 12.1 Å². The molecule has 0 amide bonds. The standard InChI is InChI=1S/C14H26N2S/c1-6-11-7-8-13(17-11)12(9-15)16(5)10-14(2,3)4/h7-8,12H,6,9-10,15H2,1-5H3. The summed E-state index contributed by atoms with van der Waals surface area (Å²) in [6.45, 7) is 10.8. The van der Waals surface area contributed by atoms with Gasteiger partial charge in [0, 0.05) is 22.8 Å². The summed E-state index contributed by atoms with van der Waals surface area (Å²) in [6.07, 6.45) is 1.12. The van der Waals surface area contributed by atoms with Crippen LogP contribution in [-0.2, 0) is 6.42 Å². The molecular formula is C14H26N2S. The van der Waals surface area contributed by atoms with E-state index < -0.39 is 0 Å². The number of nitrogens with zero attached hydrogens (tertiary/aromatic N) is 1. The number of hydrogen-bond acceptors (Lipinski definition) is 3. The first-order valence-electron chi connectivity index (χ1n) is 6.36. The Morgan fingerprint density at radius 1 is 1.35 bits per heavy atom. The van der Waals surface area contributed by atoms with Crippen LogP contribution in [0.3, 0.4) is 0 Å². The van der Waals surface area contributed by atoms with Crippen LogP contribution in [0.2, 0.25) is 0 Å². The molecule has 0 saturated heterocycles. The maximum absolute atomic E-state index is 5.94. The molecule has 1 atom stereocenters. The van der Waals surface area contributed by atoms with Gasteiger partial charge < -0.3 is 5.73 Å². The molecule has 0 spiro atoms. The summed E-state index contributed by atoms with van der Waals surface area (Å²) >= 11 is 1.90. The van der Waals surface area contributed by atoms with Gasteiger partial charge in [-0.3, -0.25) is 4.90 Å². The lowest BCUT2D eigenvalue weighted by molar-refractivity contribution is 0.178. The lowest BCUT2D eigenvalue weighted by Crippen LogP contribution is -2.36. The van der Waals surface area contributed by atoms with E-state index >= 15 is 0 Å². The molecule has 0 aliphatic heterocycles. The van der Waals surface area contributed by atoms with Gasteiger partial charge in [-0.15, -0.1) is 11.3 Å². The van der Waals surface area contributed by atoms with E-state index in [0.717, 1.165) is 13.0 Å².